The molecule has 27 heavy (non-hydrogen) atoms. The third-order valence-corrected chi connectivity index (χ3v) is 5.22. The highest BCUT2D eigenvalue weighted by Crippen LogP contribution is 2.26. The maximum absolute atomic E-state index is 12.4. The summed E-state index contributed by atoms with van der Waals surface area (Å²) in [5.41, 5.74) is 1.60. The van der Waals surface area contributed by atoms with Gasteiger partial charge in [-0.2, -0.15) is 0 Å². The largest absolute Gasteiger partial charge is 0.492 e. The van der Waals surface area contributed by atoms with E-state index in [0.717, 1.165) is 15.8 Å². The molecule has 2 N–H and O–H groups in total. The van der Waals surface area contributed by atoms with Crippen molar-refractivity contribution in [2.45, 2.75) is 25.3 Å². The summed E-state index contributed by atoms with van der Waals surface area (Å²) >= 11 is 10.4. The number of thioether (sulfide) groups is 1. The molecular formula is C20H23BrN2O2S2. The van der Waals surface area contributed by atoms with E-state index in [2.05, 4.69) is 52.5 Å². The molecule has 144 valence electrons. The van der Waals surface area contributed by atoms with Gasteiger partial charge in [0.15, 0.2) is 5.11 Å². The number of rotatable bonds is 7. The van der Waals surface area contributed by atoms with Gasteiger partial charge >= 0.3 is 0 Å². The van der Waals surface area contributed by atoms with Crippen LogP contribution in [0.15, 0.2) is 51.8 Å². The highest BCUT2D eigenvalue weighted by molar-refractivity contribution is 9.10. The van der Waals surface area contributed by atoms with E-state index in [1.54, 1.807) is 30.0 Å². The number of carbonyl (C=O) groups is 1. The predicted octanol–water partition coefficient (Wildman–Crippen LogP) is 5.01. The van der Waals surface area contributed by atoms with Gasteiger partial charge in [0.05, 0.1) is 11.1 Å². The van der Waals surface area contributed by atoms with E-state index in [9.17, 15) is 4.79 Å². The average molecular weight is 467 g/mol. The molecule has 0 aliphatic heterocycles. The van der Waals surface area contributed by atoms with Crippen molar-refractivity contribution >= 4 is 50.9 Å². The molecule has 0 aliphatic rings. The van der Waals surface area contributed by atoms with Gasteiger partial charge in [-0.3, -0.25) is 10.1 Å². The van der Waals surface area contributed by atoms with Gasteiger partial charge in [-0.25, -0.2) is 0 Å². The zero-order valence-electron chi connectivity index (χ0n) is 15.5. The Morgan fingerprint density at radius 3 is 2.52 bits per heavy atom. The fourth-order valence-electron chi connectivity index (χ4n) is 2.16. The Bertz CT molecular complexity index is 795. The van der Waals surface area contributed by atoms with Gasteiger partial charge in [0.1, 0.15) is 5.75 Å². The molecule has 0 bridgehead atoms. The summed E-state index contributed by atoms with van der Waals surface area (Å²) in [5.74, 6) is 0.885. The molecule has 0 spiro atoms. The van der Waals surface area contributed by atoms with Crippen molar-refractivity contribution in [3.63, 3.8) is 0 Å². The van der Waals surface area contributed by atoms with Crippen LogP contribution in [0.25, 0.3) is 0 Å². The van der Waals surface area contributed by atoms with Crippen molar-refractivity contribution in [2.75, 3.05) is 12.9 Å². The van der Waals surface area contributed by atoms with Gasteiger partial charge in [-0.15, -0.1) is 11.8 Å². The van der Waals surface area contributed by atoms with Crippen LogP contribution >= 0.6 is 39.9 Å². The van der Waals surface area contributed by atoms with E-state index in [0.29, 0.717) is 29.7 Å². The minimum atomic E-state index is -0.263. The van der Waals surface area contributed by atoms with Crippen LogP contribution in [-0.4, -0.2) is 23.9 Å². The molecule has 0 saturated heterocycles. The summed E-state index contributed by atoms with van der Waals surface area (Å²) in [4.78, 5) is 13.6. The lowest BCUT2D eigenvalue weighted by molar-refractivity contribution is 0.0976. The lowest BCUT2D eigenvalue weighted by Gasteiger charge is -2.12. The first kappa shape index (κ1) is 21.7. The Labute approximate surface area is 178 Å². The zero-order valence-corrected chi connectivity index (χ0v) is 18.8. The third-order valence-electron chi connectivity index (χ3n) is 3.61. The molecule has 0 aliphatic carbocycles. The van der Waals surface area contributed by atoms with Crippen molar-refractivity contribution in [2.24, 2.45) is 5.92 Å². The summed E-state index contributed by atoms with van der Waals surface area (Å²) in [5, 5.41) is 6.05. The van der Waals surface area contributed by atoms with Crippen LogP contribution in [0.5, 0.6) is 5.75 Å². The molecular weight excluding hydrogens is 444 g/mol. The normalized spacial score (nSPS) is 10.6. The smallest absolute Gasteiger partial charge is 0.257 e. The van der Waals surface area contributed by atoms with E-state index in [-0.39, 0.29) is 5.91 Å². The van der Waals surface area contributed by atoms with Gasteiger partial charge in [0.2, 0.25) is 0 Å². The number of hydrogen-bond acceptors (Lipinski definition) is 4. The van der Waals surface area contributed by atoms with Crippen LogP contribution in [0.4, 0.5) is 0 Å². The van der Waals surface area contributed by atoms with Gasteiger partial charge < -0.3 is 10.1 Å². The van der Waals surface area contributed by atoms with E-state index in [1.165, 1.54) is 4.90 Å². The number of amides is 1. The molecule has 0 radical (unpaired) electrons. The summed E-state index contributed by atoms with van der Waals surface area (Å²) < 4.78 is 6.44. The molecule has 0 aromatic heterocycles. The first-order valence-corrected chi connectivity index (χ1v) is 11.0. The van der Waals surface area contributed by atoms with E-state index < -0.39 is 0 Å². The summed E-state index contributed by atoms with van der Waals surface area (Å²) in [6.07, 6.45) is 2.04. The molecule has 2 rings (SSSR count). The maximum atomic E-state index is 12.4. The predicted molar refractivity (Wildman–Crippen MR) is 120 cm³/mol. The molecule has 2 aromatic carbocycles. The summed E-state index contributed by atoms with van der Waals surface area (Å²) in [6, 6.07) is 13.4. The van der Waals surface area contributed by atoms with Crippen molar-refractivity contribution < 1.29 is 9.53 Å². The van der Waals surface area contributed by atoms with Crippen molar-refractivity contribution in [1.82, 2.24) is 10.6 Å². The summed E-state index contributed by atoms with van der Waals surface area (Å²) in [7, 11) is 0. The standard InChI is InChI=1S/C20H23BrN2O2S2/c1-13(2)12-25-18-9-6-15(10-17(18)21)19(24)23-20(26)22-11-14-4-7-16(27-3)8-5-14/h4-10,13H,11-12H2,1-3H3,(H2,22,23,24,26). The molecule has 0 fully saturated rings. The number of benzene rings is 2. The fraction of sp³-hybridized carbons (Fsp3) is 0.300. The Morgan fingerprint density at radius 2 is 1.93 bits per heavy atom. The molecule has 7 heteroatoms. The molecule has 0 heterocycles. The second-order valence-electron chi connectivity index (χ2n) is 6.33. The van der Waals surface area contributed by atoms with E-state index >= 15 is 0 Å². The van der Waals surface area contributed by atoms with Gasteiger partial charge in [0, 0.05) is 17.0 Å². The van der Waals surface area contributed by atoms with Crippen LogP contribution in [0.2, 0.25) is 0 Å². The Balaban J connectivity index is 1.87. The quantitative estimate of drug-likeness (QED) is 0.443. The highest BCUT2D eigenvalue weighted by atomic mass is 79.9. The topological polar surface area (TPSA) is 50.4 Å². The summed E-state index contributed by atoms with van der Waals surface area (Å²) in [6.45, 7) is 5.34. The number of thiocarbonyl (C=S) groups is 1. The Hall–Kier alpha value is -1.57. The first-order chi connectivity index (χ1) is 12.9. The zero-order chi connectivity index (χ0) is 19.8. The fourth-order valence-corrected chi connectivity index (χ4v) is 3.23. The van der Waals surface area contributed by atoms with Crippen LogP contribution in [0, 0.1) is 5.92 Å². The second kappa shape index (κ2) is 10.7. The Kier molecular flexibility index (Phi) is 8.60. The Morgan fingerprint density at radius 1 is 1.22 bits per heavy atom. The lowest BCUT2D eigenvalue weighted by Crippen LogP contribution is -2.38. The highest BCUT2D eigenvalue weighted by Gasteiger charge is 2.11. The third kappa shape index (κ3) is 7.16. The molecule has 4 nitrogen and oxygen atoms in total. The van der Waals surface area contributed by atoms with Gasteiger partial charge in [0.25, 0.3) is 5.91 Å². The van der Waals surface area contributed by atoms with E-state index in [4.69, 9.17) is 17.0 Å². The molecule has 1 amide bonds. The minimum absolute atomic E-state index is 0.263. The number of hydrogen-bond donors (Lipinski definition) is 2. The molecule has 2 aromatic rings. The second-order valence-corrected chi connectivity index (χ2v) is 8.48. The SMILES string of the molecule is CSc1ccc(CNC(=S)NC(=O)c2ccc(OCC(C)C)c(Br)c2)cc1. The maximum Gasteiger partial charge on any atom is 0.257 e. The van der Waals surface area contributed by atoms with Crippen molar-refractivity contribution in [3.05, 3.63) is 58.1 Å². The van der Waals surface area contributed by atoms with Gasteiger partial charge in [-0.05, 0) is 76.2 Å². The molecule has 0 unspecified atom stereocenters. The van der Waals surface area contributed by atoms with Crippen molar-refractivity contribution in [3.8, 4) is 5.75 Å². The average Bonchev–Trinajstić information content (AvgIpc) is 2.65. The number of halogens is 1. The first-order valence-electron chi connectivity index (χ1n) is 8.53. The van der Waals surface area contributed by atoms with Crippen LogP contribution < -0.4 is 15.4 Å². The van der Waals surface area contributed by atoms with E-state index in [1.807, 2.05) is 18.4 Å². The van der Waals surface area contributed by atoms with Crippen LogP contribution in [0.1, 0.15) is 29.8 Å². The monoisotopic (exact) mass is 466 g/mol. The van der Waals surface area contributed by atoms with Crippen LogP contribution in [-0.2, 0) is 6.54 Å². The number of ether oxygens (including phenoxy) is 1. The van der Waals surface area contributed by atoms with Gasteiger partial charge in [-0.1, -0.05) is 26.0 Å². The van der Waals surface area contributed by atoms with Crippen molar-refractivity contribution in [1.29, 1.82) is 0 Å². The molecule has 0 saturated carbocycles. The minimum Gasteiger partial charge on any atom is -0.492 e. The lowest BCUT2D eigenvalue weighted by atomic mass is 10.2. The molecule has 0 atom stereocenters. The number of carbonyl (C=O) groups excluding carboxylic acids is 1. The van der Waals surface area contributed by atoms with Crippen LogP contribution in [0.3, 0.4) is 0 Å². The number of nitrogens with one attached hydrogen (secondary N) is 2.